The van der Waals surface area contributed by atoms with Gasteiger partial charge in [-0.15, -0.1) is 0 Å². The zero-order valence-electron chi connectivity index (χ0n) is 12.7. The number of hydrogen-bond acceptors (Lipinski definition) is 6. The van der Waals surface area contributed by atoms with E-state index in [-0.39, 0.29) is 32.1 Å². The van der Waals surface area contributed by atoms with Gasteiger partial charge in [-0.1, -0.05) is 16.8 Å². The van der Waals surface area contributed by atoms with Gasteiger partial charge in [-0.2, -0.15) is 4.98 Å². The second-order valence-corrected chi connectivity index (χ2v) is 5.25. The number of rotatable bonds is 9. The summed E-state index contributed by atoms with van der Waals surface area (Å²) in [6.07, 6.45) is 0.490. The second kappa shape index (κ2) is 8.99. The Balaban J connectivity index is 1.71. The van der Waals surface area contributed by atoms with Crippen LogP contribution in [0, 0.1) is 0 Å². The van der Waals surface area contributed by atoms with E-state index in [1.807, 2.05) is 0 Å². The first-order valence-electron chi connectivity index (χ1n) is 7.19. The number of ether oxygens (including phenoxy) is 1. The molecule has 9 heteroatoms. The van der Waals surface area contributed by atoms with Crippen molar-refractivity contribution in [3.05, 3.63) is 35.2 Å². The van der Waals surface area contributed by atoms with Crippen molar-refractivity contribution < 1.29 is 24.0 Å². The maximum atomic E-state index is 11.6. The van der Waals surface area contributed by atoms with Crippen molar-refractivity contribution >= 4 is 23.5 Å². The van der Waals surface area contributed by atoms with Gasteiger partial charge in [0.05, 0.1) is 6.61 Å². The molecule has 2 aromatic rings. The van der Waals surface area contributed by atoms with Crippen LogP contribution in [-0.2, 0) is 20.7 Å². The lowest BCUT2D eigenvalue weighted by molar-refractivity contribution is -0.142. The molecule has 2 N–H and O–H groups in total. The molecule has 0 aliphatic carbocycles. The van der Waals surface area contributed by atoms with E-state index < -0.39 is 5.97 Å². The number of nitrogens with one attached hydrogen (secondary N) is 1. The molecule has 0 radical (unpaired) electrons. The molecule has 0 aliphatic rings. The van der Waals surface area contributed by atoms with Gasteiger partial charge in [-0.05, 0) is 24.3 Å². The SMILES string of the molecule is O=C(O)COCCNC(=O)CCc1nc(-c2ccc(Cl)cc2)no1. The molecule has 8 nitrogen and oxygen atoms in total. The van der Waals surface area contributed by atoms with Crippen LogP contribution in [-0.4, -0.2) is 46.9 Å². The zero-order valence-corrected chi connectivity index (χ0v) is 13.5. The van der Waals surface area contributed by atoms with Gasteiger partial charge in [0.15, 0.2) is 0 Å². The molecule has 0 atom stereocenters. The molecule has 128 valence electrons. The Bertz CT molecular complexity index is 687. The third kappa shape index (κ3) is 5.98. The fraction of sp³-hybridized carbons (Fsp3) is 0.333. The number of carboxylic acid groups (broad SMARTS) is 1. The van der Waals surface area contributed by atoms with Gasteiger partial charge in [-0.25, -0.2) is 4.79 Å². The first-order chi connectivity index (χ1) is 11.5. The largest absolute Gasteiger partial charge is 0.480 e. The molecular weight excluding hydrogens is 338 g/mol. The van der Waals surface area contributed by atoms with Crippen LogP contribution in [0.5, 0.6) is 0 Å². The Morgan fingerprint density at radius 3 is 2.75 bits per heavy atom. The van der Waals surface area contributed by atoms with E-state index in [9.17, 15) is 9.59 Å². The third-order valence-corrected chi connectivity index (χ3v) is 3.18. The van der Waals surface area contributed by atoms with Crippen molar-refractivity contribution in [2.75, 3.05) is 19.8 Å². The number of hydrogen-bond donors (Lipinski definition) is 2. The fourth-order valence-corrected chi connectivity index (χ4v) is 1.93. The molecule has 1 aromatic heterocycles. The van der Waals surface area contributed by atoms with Crippen LogP contribution >= 0.6 is 11.6 Å². The average Bonchev–Trinajstić information content (AvgIpc) is 3.02. The Morgan fingerprint density at radius 2 is 2.04 bits per heavy atom. The number of aliphatic carboxylic acids is 1. The first kappa shape index (κ1) is 17.9. The Hall–Kier alpha value is -2.45. The van der Waals surface area contributed by atoms with Crippen LogP contribution in [0.4, 0.5) is 0 Å². The smallest absolute Gasteiger partial charge is 0.329 e. The number of amides is 1. The van der Waals surface area contributed by atoms with Crippen LogP contribution < -0.4 is 5.32 Å². The number of carbonyl (C=O) groups is 2. The topological polar surface area (TPSA) is 115 Å². The number of halogens is 1. The van der Waals surface area contributed by atoms with Crippen LogP contribution in [0.2, 0.25) is 5.02 Å². The normalized spacial score (nSPS) is 10.5. The van der Waals surface area contributed by atoms with Gasteiger partial charge in [0.1, 0.15) is 6.61 Å². The molecule has 2 rings (SSSR count). The number of aromatic nitrogens is 2. The predicted octanol–water partition coefficient (Wildman–Crippen LogP) is 1.54. The molecule has 1 heterocycles. The number of benzene rings is 1. The quantitative estimate of drug-likeness (QED) is 0.657. The maximum absolute atomic E-state index is 11.6. The fourth-order valence-electron chi connectivity index (χ4n) is 1.80. The predicted molar refractivity (Wildman–Crippen MR) is 84.5 cm³/mol. The summed E-state index contributed by atoms with van der Waals surface area (Å²) >= 11 is 5.82. The maximum Gasteiger partial charge on any atom is 0.329 e. The van der Waals surface area contributed by atoms with Gasteiger partial charge >= 0.3 is 5.97 Å². The molecule has 0 fully saturated rings. The van der Waals surface area contributed by atoms with Crippen molar-refractivity contribution in [1.29, 1.82) is 0 Å². The van der Waals surface area contributed by atoms with E-state index in [0.29, 0.717) is 23.2 Å². The Kier molecular flexibility index (Phi) is 6.71. The van der Waals surface area contributed by atoms with E-state index in [4.69, 9.17) is 26.0 Å². The molecule has 0 aliphatic heterocycles. The van der Waals surface area contributed by atoms with E-state index in [2.05, 4.69) is 15.5 Å². The summed E-state index contributed by atoms with van der Waals surface area (Å²) in [5, 5.41) is 15.5. The van der Waals surface area contributed by atoms with Gasteiger partial charge in [0, 0.05) is 30.0 Å². The Labute approximate surface area is 142 Å². The summed E-state index contributed by atoms with van der Waals surface area (Å²) in [7, 11) is 0. The lowest BCUT2D eigenvalue weighted by atomic mass is 10.2. The van der Waals surface area contributed by atoms with Crippen molar-refractivity contribution in [2.24, 2.45) is 0 Å². The lowest BCUT2D eigenvalue weighted by Crippen LogP contribution is -2.28. The highest BCUT2D eigenvalue weighted by Gasteiger charge is 2.10. The standard InChI is InChI=1S/C15H16ClN3O5/c16-11-3-1-10(2-4-11)15-18-13(24-19-15)6-5-12(20)17-7-8-23-9-14(21)22/h1-4H,5-9H2,(H,17,20)(H,21,22). The molecule has 0 saturated heterocycles. The second-order valence-electron chi connectivity index (χ2n) is 4.81. The number of carbonyl (C=O) groups excluding carboxylic acids is 1. The molecule has 0 saturated carbocycles. The average molecular weight is 354 g/mol. The molecule has 0 bridgehead atoms. The molecule has 24 heavy (non-hydrogen) atoms. The van der Waals surface area contributed by atoms with Crippen LogP contribution in [0.15, 0.2) is 28.8 Å². The van der Waals surface area contributed by atoms with Crippen molar-refractivity contribution in [3.63, 3.8) is 0 Å². The van der Waals surface area contributed by atoms with Crippen molar-refractivity contribution in [2.45, 2.75) is 12.8 Å². The minimum atomic E-state index is -1.05. The van der Waals surface area contributed by atoms with E-state index in [1.165, 1.54) is 0 Å². The van der Waals surface area contributed by atoms with Crippen LogP contribution in [0.25, 0.3) is 11.4 Å². The van der Waals surface area contributed by atoms with Crippen LogP contribution in [0.1, 0.15) is 12.3 Å². The summed E-state index contributed by atoms with van der Waals surface area (Å²) in [6.45, 7) is -0.00336. The zero-order chi connectivity index (χ0) is 17.4. The first-order valence-corrected chi connectivity index (χ1v) is 7.57. The molecule has 0 unspecified atom stereocenters. The van der Waals surface area contributed by atoms with Crippen LogP contribution in [0.3, 0.4) is 0 Å². The summed E-state index contributed by atoms with van der Waals surface area (Å²) < 4.78 is 9.91. The van der Waals surface area contributed by atoms with Gasteiger partial charge < -0.3 is 19.7 Å². The van der Waals surface area contributed by atoms with Gasteiger partial charge in [0.25, 0.3) is 0 Å². The van der Waals surface area contributed by atoms with Crippen molar-refractivity contribution in [3.8, 4) is 11.4 Å². The van der Waals surface area contributed by atoms with E-state index in [0.717, 1.165) is 5.56 Å². The molecule has 1 aromatic carbocycles. The van der Waals surface area contributed by atoms with Gasteiger partial charge in [0.2, 0.25) is 17.6 Å². The van der Waals surface area contributed by atoms with E-state index in [1.54, 1.807) is 24.3 Å². The summed E-state index contributed by atoms with van der Waals surface area (Å²) in [4.78, 5) is 26.1. The van der Waals surface area contributed by atoms with E-state index >= 15 is 0 Å². The third-order valence-electron chi connectivity index (χ3n) is 2.93. The molecule has 1 amide bonds. The highest BCUT2D eigenvalue weighted by molar-refractivity contribution is 6.30. The van der Waals surface area contributed by atoms with Gasteiger partial charge in [-0.3, -0.25) is 4.79 Å². The highest BCUT2D eigenvalue weighted by atomic mass is 35.5. The minimum absolute atomic E-state index is 0.138. The summed E-state index contributed by atoms with van der Waals surface area (Å²) in [6, 6.07) is 7.02. The molecular formula is C15H16ClN3O5. The number of carboxylic acids is 1. The highest BCUT2D eigenvalue weighted by Crippen LogP contribution is 2.18. The summed E-state index contributed by atoms with van der Waals surface area (Å²) in [5.74, 6) is -0.462. The minimum Gasteiger partial charge on any atom is -0.480 e. The lowest BCUT2D eigenvalue weighted by Gasteiger charge is -2.03. The monoisotopic (exact) mass is 353 g/mol. The number of aryl methyl sites for hydroxylation is 1. The molecule has 0 spiro atoms. The Morgan fingerprint density at radius 1 is 1.29 bits per heavy atom. The number of nitrogens with zero attached hydrogens (tertiary/aromatic N) is 2. The summed E-state index contributed by atoms with van der Waals surface area (Å²) in [5.41, 5.74) is 0.773. The van der Waals surface area contributed by atoms with Crippen molar-refractivity contribution in [1.82, 2.24) is 15.5 Å².